The number of carbonyl (C=O) groups excluding carboxylic acids is 1. The first-order chi connectivity index (χ1) is 6.11. The van der Waals surface area contributed by atoms with Crippen LogP contribution < -0.4 is 5.32 Å². The molecule has 1 unspecified atom stereocenters. The molecule has 0 fully saturated rings. The van der Waals surface area contributed by atoms with Crippen LogP contribution in [-0.2, 0) is 4.74 Å². The van der Waals surface area contributed by atoms with Crippen molar-refractivity contribution in [2.45, 2.75) is 33.2 Å². The van der Waals surface area contributed by atoms with Crippen LogP contribution in [-0.4, -0.2) is 30.5 Å². The summed E-state index contributed by atoms with van der Waals surface area (Å²) in [5.74, 6) is 0.395. The average Bonchev–Trinajstić information content (AvgIpc) is 2.10. The van der Waals surface area contributed by atoms with Gasteiger partial charge in [-0.1, -0.05) is 20.8 Å². The summed E-state index contributed by atoms with van der Waals surface area (Å²) in [5, 5.41) is 11.1. The molecule has 0 aromatic rings. The zero-order chi connectivity index (χ0) is 10.3. The van der Waals surface area contributed by atoms with E-state index in [4.69, 9.17) is 5.11 Å². The monoisotopic (exact) mass is 189 g/mol. The summed E-state index contributed by atoms with van der Waals surface area (Å²) in [6.07, 6.45) is 0.431. The van der Waals surface area contributed by atoms with Gasteiger partial charge < -0.3 is 15.2 Å². The Hall–Kier alpha value is -0.770. The molecule has 0 aliphatic rings. The normalized spacial score (nSPS) is 12.7. The molecule has 0 aromatic carbocycles. The van der Waals surface area contributed by atoms with Crippen molar-refractivity contribution in [3.05, 3.63) is 0 Å². The predicted octanol–water partition coefficient (Wildman–Crippen LogP) is 1.14. The molecular weight excluding hydrogens is 170 g/mol. The lowest BCUT2D eigenvalue weighted by molar-refractivity contribution is 0.114. The number of carbonyl (C=O) groups is 1. The van der Waals surface area contributed by atoms with Crippen LogP contribution in [0.25, 0.3) is 0 Å². The summed E-state index contributed by atoms with van der Waals surface area (Å²) in [4.78, 5) is 11.0. The van der Waals surface area contributed by atoms with E-state index < -0.39 is 6.09 Å². The molecule has 4 nitrogen and oxygen atoms in total. The molecule has 0 bridgehead atoms. The van der Waals surface area contributed by atoms with Gasteiger partial charge in [0.2, 0.25) is 0 Å². The second-order valence-corrected chi connectivity index (χ2v) is 3.26. The van der Waals surface area contributed by atoms with Crippen molar-refractivity contribution in [2.24, 2.45) is 5.92 Å². The smallest absolute Gasteiger partial charge is 0.407 e. The first-order valence-corrected chi connectivity index (χ1v) is 4.66. The Morgan fingerprint density at radius 3 is 2.54 bits per heavy atom. The molecule has 0 spiro atoms. The summed E-state index contributed by atoms with van der Waals surface area (Å²) in [7, 11) is 0. The molecule has 1 atom stereocenters. The lowest BCUT2D eigenvalue weighted by atomic mass is 10.0. The molecule has 0 heterocycles. The second kappa shape index (κ2) is 6.71. The molecule has 0 radical (unpaired) electrons. The van der Waals surface area contributed by atoms with Gasteiger partial charge in [-0.3, -0.25) is 0 Å². The zero-order valence-electron chi connectivity index (χ0n) is 8.54. The lowest BCUT2D eigenvalue weighted by Crippen LogP contribution is -2.38. The molecule has 4 heteroatoms. The summed E-state index contributed by atoms with van der Waals surface area (Å²) in [6.45, 7) is 6.02. The van der Waals surface area contributed by atoms with Gasteiger partial charge in [0.1, 0.15) is 6.61 Å². The van der Waals surface area contributed by atoms with Crippen molar-refractivity contribution in [1.29, 1.82) is 0 Å². The van der Waals surface area contributed by atoms with Crippen LogP contribution in [0.15, 0.2) is 0 Å². The Morgan fingerprint density at radius 2 is 2.15 bits per heavy atom. The molecule has 0 aliphatic heterocycles. The van der Waals surface area contributed by atoms with Gasteiger partial charge in [0.15, 0.2) is 0 Å². The molecular formula is C9H19NO3. The fraction of sp³-hybridized carbons (Fsp3) is 0.889. The zero-order valence-corrected chi connectivity index (χ0v) is 8.54. The van der Waals surface area contributed by atoms with Crippen LogP contribution in [0, 0.1) is 5.92 Å². The quantitative estimate of drug-likeness (QED) is 0.681. The van der Waals surface area contributed by atoms with E-state index in [2.05, 4.69) is 10.1 Å². The number of amides is 1. The highest BCUT2D eigenvalue weighted by Crippen LogP contribution is 2.05. The fourth-order valence-corrected chi connectivity index (χ4v) is 1.07. The molecule has 2 N–H and O–H groups in total. The van der Waals surface area contributed by atoms with Crippen LogP contribution in [0.4, 0.5) is 4.79 Å². The lowest BCUT2D eigenvalue weighted by Gasteiger charge is -2.19. The van der Waals surface area contributed by atoms with E-state index in [9.17, 15) is 4.79 Å². The molecule has 0 saturated carbocycles. The standard InChI is InChI=1S/C9H19NO3/c1-4-8(7(2)3)10-9(12)13-6-5-11/h7-8,11H,4-6H2,1-3H3,(H,10,12). The first kappa shape index (κ1) is 12.2. The molecule has 0 rings (SSSR count). The first-order valence-electron chi connectivity index (χ1n) is 4.66. The number of hydrogen-bond acceptors (Lipinski definition) is 3. The average molecular weight is 189 g/mol. The molecule has 13 heavy (non-hydrogen) atoms. The Balaban J connectivity index is 3.73. The van der Waals surface area contributed by atoms with Crippen molar-refractivity contribution in [3.63, 3.8) is 0 Å². The Labute approximate surface area is 79.3 Å². The van der Waals surface area contributed by atoms with E-state index in [1.807, 2.05) is 20.8 Å². The van der Waals surface area contributed by atoms with Gasteiger partial charge in [-0.15, -0.1) is 0 Å². The van der Waals surface area contributed by atoms with E-state index in [1.54, 1.807) is 0 Å². The Bertz CT molecular complexity index is 148. The molecule has 0 aromatic heterocycles. The number of rotatable bonds is 5. The minimum absolute atomic E-state index is 0.0559. The van der Waals surface area contributed by atoms with Gasteiger partial charge in [-0.05, 0) is 12.3 Å². The summed E-state index contributed by atoms with van der Waals surface area (Å²) >= 11 is 0. The van der Waals surface area contributed by atoms with Gasteiger partial charge in [0, 0.05) is 6.04 Å². The van der Waals surface area contributed by atoms with Crippen LogP contribution >= 0.6 is 0 Å². The van der Waals surface area contributed by atoms with E-state index in [1.165, 1.54) is 0 Å². The highest BCUT2D eigenvalue weighted by molar-refractivity contribution is 5.67. The highest BCUT2D eigenvalue weighted by Gasteiger charge is 2.14. The minimum Gasteiger partial charge on any atom is -0.447 e. The highest BCUT2D eigenvalue weighted by atomic mass is 16.6. The molecule has 1 amide bonds. The van der Waals surface area contributed by atoms with E-state index in [0.29, 0.717) is 5.92 Å². The van der Waals surface area contributed by atoms with Gasteiger partial charge in [-0.2, -0.15) is 0 Å². The van der Waals surface area contributed by atoms with E-state index in [-0.39, 0.29) is 19.3 Å². The van der Waals surface area contributed by atoms with Gasteiger partial charge in [-0.25, -0.2) is 4.79 Å². The minimum atomic E-state index is -0.449. The number of aliphatic hydroxyl groups is 1. The number of aliphatic hydroxyl groups excluding tert-OH is 1. The Morgan fingerprint density at radius 1 is 1.54 bits per heavy atom. The Kier molecular flexibility index (Phi) is 6.32. The third-order valence-corrected chi connectivity index (χ3v) is 1.87. The maximum atomic E-state index is 11.0. The number of ether oxygens (including phenoxy) is 1. The van der Waals surface area contributed by atoms with Gasteiger partial charge in [0.05, 0.1) is 6.61 Å². The van der Waals surface area contributed by atoms with Gasteiger partial charge >= 0.3 is 6.09 Å². The van der Waals surface area contributed by atoms with Crippen LogP contribution in [0.1, 0.15) is 27.2 Å². The maximum absolute atomic E-state index is 11.0. The van der Waals surface area contributed by atoms with Crippen LogP contribution in [0.2, 0.25) is 0 Å². The maximum Gasteiger partial charge on any atom is 0.407 e. The third kappa shape index (κ3) is 5.47. The second-order valence-electron chi connectivity index (χ2n) is 3.26. The third-order valence-electron chi connectivity index (χ3n) is 1.87. The molecule has 0 saturated heterocycles. The van der Waals surface area contributed by atoms with Gasteiger partial charge in [0.25, 0.3) is 0 Å². The molecule has 0 aliphatic carbocycles. The van der Waals surface area contributed by atoms with Crippen LogP contribution in [0.5, 0.6) is 0 Å². The summed E-state index contributed by atoms with van der Waals surface area (Å²) < 4.78 is 4.67. The topological polar surface area (TPSA) is 58.6 Å². The van der Waals surface area contributed by atoms with Crippen molar-refractivity contribution in [3.8, 4) is 0 Å². The van der Waals surface area contributed by atoms with Crippen molar-refractivity contribution < 1.29 is 14.6 Å². The summed E-state index contributed by atoms with van der Waals surface area (Å²) in [5.41, 5.74) is 0. The predicted molar refractivity (Wildman–Crippen MR) is 50.5 cm³/mol. The SMILES string of the molecule is CCC(NC(=O)OCCO)C(C)C. The van der Waals surface area contributed by atoms with Crippen molar-refractivity contribution in [1.82, 2.24) is 5.32 Å². The number of nitrogens with one attached hydrogen (secondary N) is 1. The molecule has 78 valence electrons. The number of hydrogen-bond donors (Lipinski definition) is 2. The van der Waals surface area contributed by atoms with E-state index >= 15 is 0 Å². The fourth-order valence-electron chi connectivity index (χ4n) is 1.07. The summed E-state index contributed by atoms with van der Waals surface area (Å²) in [6, 6.07) is 0.145. The number of alkyl carbamates (subject to hydrolysis) is 1. The van der Waals surface area contributed by atoms with Crippen molar-refractivity contribution in [2.75, 3.05) is 13.2 Å². The largest absolute Gasteiger partial charge is 0.447 e. The van der Waals surface area contributed by atoms with Crippen LogP contribution in [0.3, 0.4) is 0 Å². The van der Waals surface area contributed by atoms with Crippen molar-refractivity contribution >= 4 is 6.09 Å². The van der Waals surface area contributed by atoms with E-state index in [0.717, 1.165) is 6.42 Å².